The first-order valence-electron chi connectivity index (χ1n) is 12.4. The van der Waals surface area contributed by atoms with Crippen molar-refractivity contribution in [2.24, 2.45) is 5.92 Å². The summed E-state index contributed by atoms with van der Waals surface area (Å²) in [6.07, 6.45) is 4.41. The highest BCUT2D eigenvalue weighted by Crippen LogP contribution is 2.35. The quantitative estimate of drug-likeness (QED) is 0.407. The van der Waals surface area contributed by atoms with Crippen molar-refractivity contribution in [1.82, 2.24) is 15.1 Å². The van der Waals surface area contributed by atoms with Crippen molar-refractivity contribution in [3.63, 3.8) is 0 Å². The SMILES string of the molecule is COCCCNC(=O)CCCN1C(=O)C2CCCCC2N(CC(=O)Nc2cc(Cl)ccc2OC)C1=O. The van der Waals surface area contributed by atoms with Crippen LogP contribution in [-0.4, -0.2) is 80.1 Å². The van der Waals surface area contributed by atoms with Gasteiger partial charge < -0.3 is 25.0 Å². The minimum atomic E-state index is -0.489. The predicted octanol–water partition coefficient (Wildman–Crippen LogP) is 3.04. The second-order valence-corrected chi connectivity index (χ2v) is 9.49. The van der Waals surface area contributed by atoms with Crippen molar-refractivity contribution < 1.29 is 28.7 Å². The number of methoxy groups -OCH3 is 2. The van der Waals surface area contributed by atoms with Gasteiger partial charge in [-0.3, -0.25) is 19.3 Å². The Labute approximate surface area is 216 Å². The number of nitrogens with one attached hydrogen (secondary N) is 2. The molecule has 3 rings (SSSR count). The Kier molecular flexibility index (Phi) is 10.4. The van der Waals surface area contributed by atoms with Crippen molar-refractivity contribution in [2.45, 2.75) is 51.0 Å². The zero-order valence-electron chi connectivity index (χ0n) is 20.9. The first-order chi connectivity index (χ1) is 17.3. The first kappa shape index (κ1) is 27.7. The molecule has 0 radical (unpaired) electrons. The van der Waals surface area contributed by atoms with Crippen LogP contribution in [0.4, 0.5) is 10.5 Å². The molecule has 1 heterocycles. The van der Waals surface area contributed by atoms with Gasteiger partial charge in [0.25, 0.3) is 0 Å². The first-order valence-corrected chi connectivity index (χ1v) is 12.7. The summed E-state index contributed by atoms with van der Waals surface area (Å²) >= 11 is 6.06. The summed E-state index contributed by atoms with van der Waals surface area (Å²) in [6.45, 7) is 1.01. The Hall–Kier alpha value is -2.85. The molecule has 1 aromatic rings. The van der Waals surface area contributed by atoms with Crippen LogP contribution in [0.1, 0.15) is 44.9 Å². The minimum Gasteiger partial charge on any atom is -0.495 e. The van der Waals surface area contributed by atoms with Gasteiger partial charge in [0, 0.05) is 44.3 Å². The van der Waals surface area contributed by atoms with Gasteiger partial charge in [0.05, 0.1) is 18.7 Å². The average molecular weight is 523 g/mol. The molecule has 2 fully saturated rings. The van der Waals surface area contributed by atoms with Gasteiger partial charge in [-0.05, 0) is 43.9 Å². The van der Waals surface area contributed by atoms with Crippen molar-refractivity contribution in [3.05, 3.63) is 23.2 Å². The van der Waals surface area contributed by atoms with Gasteiger partial charge in [-0.1, -0.05) is 24.4 Å². The highest BCUT2D eigenvalue weighted by molar-refractivity contribution is 6.31. The van der Waals surface area contributed by atoms with Crippen LogP contribution in [0.25, 0.3) is 0 Å². The lowest BCUT2D eigenvalue weighted by Crippen LogP contribution is -2.63. The van der Waals surface area contributed by atoms with Crippen LogP contribution in [0.2, 0.25) is 5.02 Å². The van der Waals surface area contributed by atoms with E-state index >= 15 is 0 Å². The largest absolute Gasteiger partial charge is 0.495 e. The highest BCUT2D eigenvalue weighted by Gasteiger charge is 2.47. The average Bonchev–Trinajstić information content (AvgIpc) is 2.86. The van der Waals surface area contributed by atoms with E-state index in [1.165, 1.54) is 16.9 Å². The third-order valence-corrected chi connectivity index (χ3v) is 6.81. The van der Waals surface area contributed by atoms with Gasteiger partial charge >= 0.3 is 6.03 Å². The van der Waals surface area contributed by atoms with Crippen LogP contribution in [-0.2, 0) is 19.1 Å². The van der Waals surface area contributed by atoms with Crippen molar-refractivity contribution in [3.8, 4) is 5.75 Å². The number of hydrogen-bond donors (Lipinski definition) is 2. The molecule has 2 aliphatic rings. The fourth-order valence-electron chi connectivity index (χ4n) is 4.81. The van der Waals surface area contributed by atoms with E-state index in [2.05, 4.69) is 10.6 Å². The molecule has 0 spiro atoms. The van der Waals surface area contributed by atoms with Crippen molar-refractivity contribution in [2.75, 3.05) is 45.8 Å². The number of anilines is 1. The molecule has 11 heteroatoms. The zero-order valence-corrected chi connectivity index (χ0v) is 21.6. The minimum absolute atomic E-state index is 0.132. The third kappa shape index (κ3) is 7.10. The van der Waals surface area contributed by atoms with E-state index in [4.69, 9.17) is 21.1 Å². The molecule has 5 amide bonds. The fraction of sp³-hybridized carbons (Fsp3) is 0.600. The Bertz CT molecular complexity index is 958. The maximum atomic E-state index is 13.4. The number of hydrogen-bond acceptors (Lipinski definition) is 6. The molecule has 1 aliphatic carbocycles. The number of fused-ring (bicyclic) bond motifs is 1. The van der Waals surface area contributed by atoms with E-state index in [9.17, 15) is 19.2 Å². The molecule has 0 aromatic heterocycles. The number of nitrogens with zero attached hydrogens (tertiary/aromatic N) is 2. The maximum absolute atomic E-state index is 13.4. The monoisotopic (exact) mass is 522 g/mol. The van der Waals surface area contributed by atoms with Gasteiger partial charge in [-0.15, -0.1) is 0 Å². The lowest BCUT2D eigenvalue weighted by molar-refractivity contribution is -0.142. The van der Waals surface area contributed by atoms with E-state index in [1.807, 2.05) is 0 Å². The molecule has 1 aromatic carbocycles. The summed E-state index contributed by atoms with van der Waals surface area (Å²) in [5.74, 6) is -0.639. The second-order valence-electron chi connectivity index (χ2n) is 9.05. The fourth-order valence-corrected chi connectivity index (χ4v) is 4.98. The van der Waals surface area contributed by atoms with E-state index in [-0.39, 0.29) is 43.3 Å². The van der Waals surface area contributed by atoms with Crippen LogP contribution in [0.5, 0.6) is 5.75 Å². The van der Waals surface area contributed by atoms with Crippen LogP contribution in [0.15, 0.2) is 18.2 Å². The summed E-state index contributed by atoms with van der Waals surface area (Å²) in [6, 6.07) is 4.08. The van der Waals surface area contributed by atoms with E-state index in [0.717, 1.165) is 12.8 Å². The predicted molar refractivity (Wildman–Crippen MR) is 135 cm³/mol. The smallest absolute Gasteiger partial charge is 0.327 e. The number of halogens is 1. The van der Waals surface area contributed by atoms with Gasteiger partial charge in [0.2, 0.25) is 17.7 Å². The lowest BCUT2D eigenvalue weighted by atomic mass is 9.81. The number of urea groups is 1. The van der Waals surface area contributed by atoms with Gasteiger partial charge in [0.1, 0.15) is 12.3 Å². The molecule has 1 saturated carbocycles. The van der Waals surface area contributed by atoms with Crippen molar-refractivity contribution >= 4 is 41.0 Å². The Morgan fingerprint density at radius 1 is 1.11 bits per heavy atom. The number of imide groups is 1. The number of amides is 5. The molecular formula is C25H35ClN4O6. The molecule has 2 atom stereocenters. The second kappa shape index (κ2) is 13.5. The number of ether oxygens (including phenoxy) is 2. The van der Waals surface area contributed by atoms with Crippen LogP contribution < -0.4 is 15.4 Å². The molecule has 198 valence electrons. The summed E-state index contributed by atoms with van der Waals surface area (Å²) in [5.41, 5.74) is 0.407. The number of carbonyl (C=O) groups excluding carboxylic acids is 4. The standard InChI is InChI=1S/C25H35ClN4O6/c1-35-14-6-12-27-22(31)9-5-13-29-24(33)18-7-3-4-8-20(18)30(25(29)34)16-23(32)28-19-15-17(26)10-11-21(19)36-2/h10-11,15,18,20H,3-9,12-14,16H2,1-2H3,(H,27,31)(H,28,32). The highest BCUT2D eigenvalue weighted by atomic mass is 35.5. The van der Waals surface area contributed by atoms with Gasteiger partial charge in [-0.25, -0.2) is 4.79 Å². The number of rotatable bonds is 12. The third-order valence-electron chi connectivity index (χ3n) is 6.57. The lowest BCUT2D eigenvalue weighted by Gasteiger charge is -2.46. The van der Waals surface area contributed by atoms with E-state index < -0.39 is 11.9 Å². The Morgan fingerprint density at radius 2 is 1.89 bits per heavy atom. The molecule has 10 nitrogen and oxygen atoms in total. The van der Waals surface area contributed by atoms with Gasteiger partial charge in [0.15, 0.2) is 0 Å². The topological polar surface area (TPSA) is 117 Å². The summed E-state index contributed by atoms with van der Waals surface area (Å²) < 4.78 is 10.2. The van der Waals surface area contributed by atoms with Crippen LogP contribution in [0.3, 0.4) is 0 Å². The molecule has 0 bridgehead atoms. The summed E-state index contributed by atoms with van der Waals surface area (Å²) in [5, 5.41) is 6.01. The van der Waals surface area contributed by atoms with Gasteiger partial charge in [-0.2, -0.15) is 0 Å². The molecule has 1 saturated heterocycles. The summed E-state index contributed by atoms with van der Waals surface area (Å²) in [4.78, 5) is 54.3. The molecule has 1 aliphatic heterocycles. The van der Waals surface area contributed by atoms with E-state index in [1.54, 1.807) is 25.3 Å². The normalized spacial score (nSPS) is 19.6. The maximum Gasteiger partial charge on any atom is 0.327 e. The Balaban J connectivity index is 1.64. The molecule has 36 heavy (non-hydrogen) atoms. The zero-order chi connectivity index (χ0) is 26.1. The molecular weight excluding hydrogens is 488 g/mol. The van der Waals surface area contributed by atoms with Crippen molar-refractivity contribution in [1.29, 1.82) is 0 Å². The van der Waals surface area contributed by atoms with E-state index in [0.29, 0.717) is 55.3 Å². The Morgan fingerprint density at radius 3 is 2.64 bits per heavy atom. The number of benzene rings is 1. The number of carbonyl (C=O) groups is 4. The van der Waals surface area contributed by atoms with Crippen LogP contribution in [0, 0.1) is 5.92 Å². The van der Waals surface area contributed by atoms with Crippen LogP contribution >= 0.6 is 11.6 Å². The summed E-state index contributed by atoms with van der Waals surface area (Å²) in [7, 11) is 3.09. The molecule has 2 N–H and O–H groups in total. The molecule has 2 unspecified atom stereocenters.